The van der Waals surface area contributed by atoms with Crippen LogP contribution in [0.5, 0.6) is 0 Å². The zero-order chi connectivity index (χ0) is 17.2. The second-order valence-electron chi connectivity index (χ2n) is 6.05. The Morgan fingerprint density at radius 1 is 1.28 bits per heavy atom. The van der Waals surface area contributed by atoms with E-state index in [9.17, 15) is 4.79 Å². The molecule has 1 unspecified atom stereocenters. The van der Waals surface area contributed by atoms with Crippen molar-refractivity contribution in [3.8, 4) is 0 Å². The minimum Gasteiger partial charge on any atom is -0.423 e. The zero-order valence-electron chi connectivity index (χ0n) is 13.7. The fourth-order valence-electron chi connectivity index (χ4n) is 2.61. The van der Waals surface area contributed by atoms with Gasteiger partial charge < -0.3 is 9.73 Å². The molecule has 0 saturated heterocycles. The van der Waals surface area contributed by atoms with Crippen LogP contribution >= 0.6 is 0 Å². The van der Waals surface area contributed by atoms with Gasteiger partial charge in [-0.25, -0.2) is 0 Å². The molecule has 1 fully saturated rings. The largest absolute Gasteiger partial charge is 0.423 e. The van der Waals surface area contributed by atoms with E-state index in [1.54, 1.807) is 19.1 Å². The van der Waals surface area contributed by atoms with Gasteiger partial charge >= 0.3 is 0 Å². The molecule has 1 atom stereocenters. The summed E-state index contributed by atoms with van der Waals surface area (Å²) in [5.41, 5.74) is 0.613. The third-order valence-electron chi connectivity index (χ3n) is 4.01. The van der Waals surface area contributed by atoms with E-state index in [1.807, 2.05) is 18.2 Å². The highest BCUT2D eigenvalue weighted by atomic mass is 16.4. The van der Waals surface area contributed by atoms with Crippen LogP contribution in [-0.4, -0.2) is 36.3 Å². The summed E-state index contributed by atoms with van der Waals surface area (Å²) < 4.78 is 5.32. The summed E-state index contributed by atoms with van der Waals surface area (Å²) in [7, 11) is 0. The summed E-state index contributed by atoms with van der Waals surface area (Å²) in [4.78, 5) is 13.8. The van der Waals surface area contributed by atoms with Gasteiger partial charge in [0.15, 0.2) is 5.82 Å². The quantitative estimate of drug-likeness (QED) is 0.720. The number of carbonyl (C=O) groups is 1. The molecule has 9 nitrogen and oxygen atoms in total. The predicted molar refractivity (Wildman–Crippen MR) is 85.3 cm³/mol. The molecule has 0 bridgehead atoms. The fourth-order valence-corrected chi connectivity index (χ4v) is 2.61. The maximum Gasteiger partial charge on any atom is 0.251 e. The van der Waals surface area contributed by atoms with Crippen LogP contribution in [0, 0.1) is 12.8 Å². The van der Waals surface area contributed by atoms with Crippen LogP contribution in [0.4, 0.5) is 0 Å². The molecule has 1 saturated carbocycles. The Bertz CT molecular complexity index is 870. The summed E-state index contributed by atoms with van der Waals surface area (Å²) in [6.07, 6.45) is 2.08. The van der Waals surface area contributed by atoms with E-state index < -0.39 is 0 Å². The first kappa shape index (κ1) is 15.4. The monoisotopic (exact) mass is 339 g/mol. The highest BCUT2D eigenvalue weighted by Crippen LogP contribution is 2.39. The summed E-state index contributed by atoms with van der Waals surface area (Å²) in [5.74, 6) is 1.61. The zero-order valence-corrected chi connectivity index (χ0v) is 13.7. The highest BCUT2D eigenvalue weighted by Gasteiger charge is 2.36. The van der Waals surface area contributed by atoms with Crippen molar-refractivity contribution in [1.29, 1.82) is 0 Å². The van der Waals surface area contributed by atoms with Crippen molar-refractivity contribution in [1.82, 2.24) is 35.7 Å². The van der Waals surface area contributed by atoms with Crippen molar-refractivity contribution in [2.45, 2.75) is 32.4 Å². The molecule has 0 spiro atoms. The number of hydrogen-bond acceptors (Lipinski definition) is 7. The first-order chi connectivity index (χ1) is 12.2. The standard InChI is InChI=1S/C16H17N7O2/c1-10-18-19-13(25-10)9-23-21-15(20-22-23)14(11-7-8-11)17-16(24)12-5-3-2-4-6-12/h2-6,11,14H,7-9H2,1H3,(H,17,24). The van der Waals surface area contributed by atoms with Crippen molar-refractivity contribution in [2.24, 2.45) is 5.92 Å². The smallest absolute Gasteiger partial charge is 0.251 e. The van der Waals surface area contributed by atoms with Gasteiger partial charge in [0.1, 0.15) is 6.54 Å². The summed E-state index contributed by atoms with van der Waals surface area (Å²) in [5, 5.41) is 23.2. The average Bonchev–Trinajstić information content (AvgIpc) is 3.23. The van der Waals surface area contributed by atoms with Crippen molar-refractivity contribution in [3.05, 3.63) is 53.5 Å². The van der Waals surface area contributed by atoms with E-state index in [1.165, 1.54) is 4.80 Å². The Morgan fingerprint density at radius 2 is 2.08 bits per heavy atom. The number of rotatable bonds is 6. The third-order valence-corrected chi connectivity index (χ3v) is 4.01. The Balaban J connectivity index is 1.49. The van der Waals surface area contributed by atoms with Crippen LogP contribution in [0.15, 0.2) is 34.7 Å². The van der Waals surface area contributed by atoms with E-state index in [-0.39, 0.29) is 18.5 Å². The van der Waals surface area contributed by atoms with Gasteiger partial charge in [0, 0.05) is 12.5 Å². The second-order valence-corrected chi connectivity index (χ2v) is 6.05. The van der Waals surface area contributed by atoms with Crippen LogP contribution in [0.3, 0.4) is 0 Å². The maximum atomic E-state index is 12.4. The first-order valence-corrected chi connectivity index (χ1v) is 8.11. The predicted octanol–water partition coefficient (Wildman–Crippen LogP) is 1.29. The molecule has 4 rings (SSSR count). The fraction of sp³-hybridized carbons (Fsp3) is 0.375. The number of aryl methyl sites for hydroxylation is 1. The number of nitrogens with zero attached hydrogens (tertiary/aromatic N) is 6. The molecule has 128 valence electrons. The van der Waals surface area contributed by atoms with Crippen LogP contribution < -0.4 is 5.32 Å². The molecular weight excluding hydrogens is 322 g/mol. The van der Waals surface area contributed by atoms with Gasteiger partial charge in [-0.05, 0) is 36.1 Å². The summed E-state index contributed by atoms with van der Waals surface area (Å²) in [6, 6.07) is 8.86. The highest BCUT2D eigenvalue weighted by molar-refractivity contribution is 5.94. The molecule has 2 aromatic heterocycles. The first-order valence-electron chi connectivity index (χ1n) is 8.11. The number of nitrogens with one attached hydrogen (secondary N) is 1. The topological polar surface area (TPSA) is 112 Å². The van der Waals surface area contributed by atoms with E-state index in [4.69, 9.17) is 4.42 Å². The van der Waals surface area contributed by atoms with E-state index >= 15 is 0 Å². The Labute approximate surface area is 143 Å². The number of benzene rings is 1. The van der Waals surface area contributed by atoms with E-state index in [0.29, 0.717) is 29.1 Å². The molecule has 0 radical (unpaired) electrons. The third kappa shape index (κ3) is 3.54. The molecular formula is C16H17N7O2. The Kier molecular flexibility index (Phi) is 3.96. The van der Waals surface area contributed by atoms with Gasteiger partial charge in [-0.15, -0.1) is 20.4 Å². The van der Waals surface area contributed by atoms with Gasteiger partial charge in [-0.2, -0.15) is 4.80 Å². The molecule has 1 aliphatic rings. The SMILES string of the molecule is Cc1nnc(Cn2nnc(C(NC(=O)c3ccccc3)C3CC3)n2)o1. The Morgan fingerprint density at radius 3 is 2.76 bits per heavy atom. The maximum absolute atomic E-state index is 12.4. The van der Waals surface area contributed by atoms with Gasteiger partial charge in [0.2, 0.25) is 11.8 Å². The molecule has 1 N–H and O–H groups in total. The average molecular weight is 339 g/mol. The number of aromatic nitrogens is 6. The normalized spacial score (nSPS) is 15.1. The minimum absolute atomic E-state index is 0.138. The lowest BCUT2D eigenvalue weighted by Crippen LogP contribution is -2.30. The van der Waals surface area contributed by atoms with Crippen molar-refractivity contribution in [3.63, 3.8) is 0 Å². The second kappa shape index (κ2) is 6.42. The number of hydrogen-bond donors (Lipinski definition) is 1. The van der Waals surface area contributed by atoms with E-state index in [2.05, 4.69) is 30.9 Å². The molecule has 1 amide bonds. The molecule has 3 aromatic rings. The molecule has 1 aliphatic carbocycles. The van der Waals surface area contributed by atoms with Crippen LogP contribution in [0.25, 0.3) is 0 Å². The summed E-state index contributed by atoms with van der Waals surface area (Å²) in [6.45, 7) is 1.97. The number of amides is 1. The molecule has 2 heterocycles. The Hall–Kier alpha value is -3.10. The van der Waals surface area contributed by atoms with Gasteiger partial charge in [-0.1, -0.05) is 18.2 Å². The lowest BCUT2D eigenvalue weighted by Gasteiger charge is -2.14. The minimum atomic E-state index is -0.245. The van der Waals surface area contributed by atoms with Gasteiger partial charge in [0.05, 0.1) is 6.04 Å². The van der Waals surface area contributed by atoms with Crippen LogP contribution in [0.1, 0.15) is 46.8 Å². The lowest BCUT2D eigenvalue weighted by molar-refractivity contribution is 0.0929. The van der Waals surface area contributed by atoms with Crippen molar-refractivity contribution in [2.75, 3.05) is 0 Å². The van der Waals surface area contributed by atoms with Crippen molar-refractivity contribution < 1.29 is 9.21 Å². The van der Waals surface area contributed by atoms with E-state index in [0.717, 1.165) is 12.8 Å². The van der Waals surface area contributed by atoms with Crippen LogP contribution in [-0.2, 0) is 6.54 Å². The number of carbonyl (C=O) groups excluding carboxylic acids is 1. The van der Waals surface area contributed by atoms with Gasteiger partial charge in [0.25, 0.3) is 5.91 Å². The summed E-state index contributed by atoms with van der Waals surface area (Å²) >= 11 is 0. The molecule has 1 aromatic carbocycles. The molecule has 9 heteroatoms. The van der Waals surface area contributed by atoms with Crippen LogP contribution in [0.2, 0.25) is 0 Å². The molecule has 0 aliphatic heterocycles. The number of tetrazole rings is 1. The molecule has 25 heavy (non-hydrogen) atoms. The van der Waals surface area contributed by atoms with Gasteiger partial charge in [-0.3, -0.25) is 4.79 Å². The lowest BCUT2D eigenvalue weighted by atomic mass is 10.1. The van der Waals surface area contributed by atoms with Crippen molar-refractivity contribution >= 4 is 5.91 Å².